The summed E-state index contributed by atoms with van der Waals surface area (Å²) in [6.07, 6.45) is 10.5. The lowest BCUT2D eigenvalue weighted by molar-refractivity contribution is 0.163. The highest BCUT2D eigenvalue weighted by Gasteiger charge is 2.23. The molecule has 0 amide bonds. The second-order valence-corrected chi connectivity index (χ2v) is 7.28. The summed E-state index contributed by atoms with van der Waals surface area (Å²) in [5, 5.41) is 4.06. The van der Waals surface area contributed by atoms with Crippen molar-refractivity contribution in [1.82, 2.24) is 20.0 Å². The zero-order valence-corrected chi connectivity index (χ0v) is 14.5. The van der Waals surface area contributed by atoms with Crippen molar-refractivity contribution >= 4 is 0 Å². The molecule has 1 aliphatic carbocycles. The summed E-state index contributed by atoms with van der Waals surface area (Å²) in [4.78, 5) is 11.6. The van der Waals surface area contributed by atoms with Crippen molar-refractivity contribution in [2.24, 2.45) is 5.92 Å². The minimum atomic E-state index is 0.621. The third-order valence-corrected chi connectivity index (χ3v) is 5.38. The maximum absolute atomic E-state index is 5.11. The Kier molecular flexibility index (Phi) is 4.60. The molecule has 4 rings (SSSR count). The number of aromatic nitrogens is 3. The molecule has 1 saturated heterocycles. The summed E-state index contributed by atoms with van der Waals surface area (Å²) < 4.78 is 5.11. The van der Waals surface area contributed by atoms with Crippen LogP contribution in [0.4, 0.5) is 0 Å². The van der Waals surface area contributed by atoms with Crippen molar-refractivity contribution in [3.05, 3.63) is 40.8 Å². The van der Waals surface area contributed by atoms with Crippen molar-refractivity contribution < 1.29 is 4.52 Å². The van der Waals surface area contributed by atoms with Crippen LogP contribution in [0.1, 0.15) is 54.2 Å². The highest BCUT2D eigenvalue weighted by molar-refractivity contribution is 5.32. The van der Waals surface area contributed by atoms with E-state index in [4.69, 9.17) is 9.51 Å². The fourth-order valence-corrected chi connectivity index (χ4v) is 4.23. The molecule has 1 unspecified atom stereocenters. The average Bonchev–Trinajstić information content (AvgIpc) is 3.00. The fraction of sp³-hybridized carbons (Fsp3) is 0.632. The van der Waals surface area contributed by atoms with E-state index in [-0.39, 0.29) is 0 Å². The molecule has 0 radical (unpaired) electrons. The van der Waals surface area contributed by atoms with Crippen molar-refractivity contribution in [2.45, 2.75) is 58.4 Å². The predicted molar refractivity (Wildman–Crippen MR) is 91.6 cm³/mol. The van der Waals surface area contributed by atoms with Crippen LogP contribution in [0.25, 0.3) is 0 Å². The number of fused-ring (bicyclic) bond motifs is 1. The zero-order chi connectivity index (χ0) is 16.4. The molecule has 3 heterocycles. The van der Waals surface area contributed by atoms with Gasteiger partial charge < -0.3 is 4.52 Å². The first-order chi connectivity index (χ1) is 11.8. The number of pyridine rings is 1. The predicted octanol–water partition coefficient (Wildman–Crippen LogP) is 3.11. The van der Waals surface area contributed by atoms with Gasteiger partial charge in [0.1, 0.15) is 0 Å². The number of likely N-dealkylation sites (tertiary alicyclic amines) is 1. The molecule has 2 aromatic rings. The van der Waals surface area contributed by atoms with Crippen molar-refractivity contribution in [2.75, 3.05) is 13.1 Å². The quantitative estimate of drug-likeness (QED) is 0.864. The third-order valence-electron chi connectivity index (χ3n) is 5.38. The first-order valence-corrected chi connectivity index (χ1v) is 9.25. The van der Waals surface area contributed by atoms with Gasteiger partial charge in [-0.25, -0.2) is 0 Å². The normalized spacial score (nSPS) is 21.6. The van der Waals surface area contributed by atoms with Crippen LogP contribution >= 0.6 is 0 Å². The third kappa shape index (κ3) is 3.51. The number of piperidine rings is 1. The average molecular weight is 326 g/mol. The topological polar surface area (TPSA) is 55.1 Å². The SMILES string of the molecule is Cc1nc(CC2CCCN(Cc3nccc4c3CCCC4)C2)no1. The van der Waals surface area contributed by atoms with Crippen LogP contribution in [0.2, 0.25) is 0 Å². The van der Waals surface area contributed by atoms with Gasteiger partial charge in [-0.2, -0.15) is 4.98 Å². The van der Waals surface area contributed by atoms with Gasteiger partial charge in [0.2, 0.25) is 5.89 Å². The summed E-state index contributed by atoms with van der Waals surface area (Å²) in [5.74, 6) is 2.14. The first kappa shape index (κ1) is 15.8. The van der Waals surface area contributed by atoms with Crippen LogP contribution in [-0.4, -0.2) is 33.1 Å². The van der Waals surface area contributed by atoms with Crippen LogP contribution in [0.3, 0.4) is 0 Å². The molecular formula is C19H26N4O. The van der Waals surface area contributed by atoms with Crippen LogP contribution in [0.15, 0.2) is 16.8 Å². The molecule has 1 atom stereocenters. The Morgan fingerprint density at radius 3 is 3.04 bits per heavy atom. The Morgan fingerprint density at radius 1 is 1.25 bits per heavy atom. The second kappa shape index (κ2) is 7.01. The van der Waals surface area contributed by atoms with Gasteiger partial charge in [0.25, 0.3) is 0 Å². The van der Waals surface area contributed by atoms with E-state index in [1.807, 2.05) is 13.1 Å². The molecule has 24 heavy (non-hydrogen) atoms. The molecule has 2 aromatic heterocycles. The molecule has 0 spiro atoms. The van der Waals surface area contributed by atoms with Crippen molar-refractivity contribution in [3.63, 3.8) is 0 Å². The van der Waals surface area contributed by atoms with Crippen LogP contribution < -0.4 is 0 Å². The zero-order valence-electron chi connectivity index (χ0n) is 14.5. The maximum atomic E-state index is 5.11. The van der Waals surface area contributed by atoms with Gasteiger partial charge in [-0.05, 0) is 68.2 Å². The van der Waals surface area contributed by atoms with Gasteiger partial charge in [0, 0.05) is 32.6 Å². The van der Waals surface area contributed by atoms with Gasteiger partial charge in [-0.3, -0.25) is 9.88 Å². The van der Waals surface area contributed by atoms with Gasteiger partial charge in [0.05, 0.1) is 5.69 Å². The van der Waals surface area contributed by atoms with Crippen LogP contribution in [0, 0.1) is 12.8 Å². The first-order valence-electron chi connectivity index (χ1n) is 9.25. The van der Waals surface area contributed by atoms with Crippen molar-refractivity contribution in [1.29, 1.82) is 0 Å². The molecule has 1 aliphatic heterocycles. The highest BCUT2D eigenvalue weighted by Crippen LogP contribution is 2.26. The van der Waals surface area contributed by atoms with Gasteiger partial charge in [-0.15, -0.1) is 0 Å². The summed E-state index contributed by atoms with van der Waals surface area (Å²) in [6.45, 7) is 5.13. The van der Waals surface area contributed by atoms with Crippen molar-refractivity contribution in [3.8, 4) is 0 Å². The van der Waals surface area contributed by atoms with E-state index in [1.165, 1.54) is 61.9 Å². The molecule has 0 bridgehead atoms. The lowest BCUT2D eigenvalue weighted by Crippen LogP contribution is -2.36. The smallest absolute Gasteiger partial charge is 0.223 e. The number of nitrogens with zero attached hydrogens (tertiary/aromatic N) is 4. The Hall–Kier alpha value is -1.75. The molecule has 128 valence electrons. The molecule has 1 fully saturated rings. The number of hydrogen-bond acceptors (Lipinski definition) is 5. The minimum absolute atomic E-state index is 0.621. The number of hydrogen-bond donors (Lipinski definition) is 0. The summed E-state index contributed by atoms with van der Waals surface area (Å²) in [6, 6.07) is 2.22. The Morgan fingerprint density at radius 2 is 2.17 bits per heavy atom. The van der Waals surface area contributed by atoms with E-state index in [9.17, 15) is 0 Å². The van der Waals surface area contributed by atoms with Crippen LogP contribution in [0.5, 0.6) is 0 Å². The Bertz CT molecular complexity index is 696. The molecule has 2 aliphatic rings. The standard InChI is InChI=1S/C19H26N4O/c1-14-21-19(22-24-14)11-15-5-4-10-23(12-15)13-18-17-7-3-2-6-16(17)8-9-20-18/h8-9,15H,2-7,10-13H2,1H3. The lowest BCUT2D eigenvalue weighted by atomic mass is 9.90. The molecular weight excluding hydrogens is 300 g/mol. The van der Waals surface area contributed by atoms with Gasteiger partial charge >= 0.3 is 0 Å². The Balaban J connectivity index is 1.41. The largest absolute Gasteiger partial charge is 0.340 e. The highest BCUT2D eigenvalue weighted by atomic mass is 16.5. The number of rotatable bonds is 4. The Labute approximate surface area is 143 Å². The fourth-order valence-electron chi connectivity index (χ4n) is 4.23. The van der Waals surface area contributed by atoms with E-state index < -0.39 is 0 Å². The van der Waals surface area contributed by atoms with E-state index in [2.05, 4.69) is 21.1 Å². The van der Waals surface area contributed by atoms with Gasteiger partial charge in [0.15, 0.2) is 5.82 Å². The summed E-state index contributed by atoms with van der Waals surface area (Å²) in [5.41, 5.74) is 4.37. The second-order valence-electron chi connectivity index (χ2n) is 7.28. The molecule has 5 heteroatoms. The maximum Gasteiger partial charge on any atom is 0.223 e. The molecule has 0 N–H and O–H groups in total. The molecule has 0 aromatic carbocycles. The van der Waals surface area contributed by atoms with Gasteiger partial charge in [-0.1, -0.05) is 5.16 Å². The lowest BCUT2D eigenvalue weighted by Gasteiger charge is -2.32. The van der Waals surface area contributed by atoms with Crippen LogP contribution in [-0.2, 0) is 25.8 Å². The summed E-state index contributed by atoms with van der Waals surface area (Å²) in [7, 11) is 0. The van der Waals surface area contributed by atoms with E-state index in [0.717, 1.165) is 25.3 Å². The monoisotopic (exact) mass is 326 g/mol. The van der Waals surface area contributed by atoms with E-state index >= 15 is 0 Å². The molecule has 0 saturated carbocycles. The minimum Gasteiger partial charge on any atom is -0.340 e. The number of aryl methyl sites for hydroxylation is 2. The molecule has 5 nitrogen and oxygen atoms in total. The summed E-state index contributed by atoms with van der Waals surface area (Å²) >= 11 is 0. The van der Waals surface area contributed by atoms with E-state index in [1.54, 1.807) is 0 Å². The van der Waals surface area contributed by atoms with E-state index in [0.29, 0.717) is 11.8 Å².